The van der Waals surface area contributed by atoms with Gasteiger partial charge in [-0.1, -0.05) is 56.9 Å². The van der Waals surface area contributed by atoms with Gasteiger partial charge in [0.2, 0.25) is 0 Å². The Morgan fingerprint density at radius 3 is 2.72 bits per heavy atom. The number of thiophene rings is 1. The number of anilines is 1. The Hall–Kier alpha value is -4.16. The number of rotatable bonds is 7. The second kappa shape index (κ2) is 10.2. The standard InChI is InChI=1S/C33H31N5S/c1-21(14-22-6-3-2-4-7-22)35-26-15-25(18-34-19-26)23-10-11-31-29(16-23)33(38-37-31)32-17-28-27(24-12-13-39-20-24)8-5-9-30(28)36-32/h5,8-13,15-20,22,35-36H,1-4,6-7,14H2,(H,37,38). The van der Waals surface area contributed by atoms with Crippen LogP contribution < -0.4 is 5.32 Å². The summed E-state index contributed by atoms with van der Waals surface area (Å²) < 4.78 is 0. The van der Waals surface area contributed by atoms with Crippen molar-refractivity contribution >= 4 is 38.8 Å². The van der Waals surface area contributed by atoms with E-state index in [4.69, 9.17) is 5.10 Å². The predicted molar refractivity (Wildman–Crippen MR) is 164 cm³/mol. The summed E-state index contributed by atoms with van der Waals surface area (Å²) in [7, 11) is 0. The molecule has 0 spiro atoms. The molecule has 7 rings (SSSR count). The van der Waals surface area contributed by atoms with E-state index in [9.17, 15) is 0 Å². The van der Waals surface area contributed by atoms with E-state index >= 15 is 0 Å². The highest BCUT2D eigenvalue weighted by molar-refractivity contribution is 7.08. The van der Waals surface area contributed by atoms with E-state index in [1.807, 2.05) is 12.4 Å². The molecule has 39 heavy (non-hydrogen) atoms. The summed E-state index contributed by atoms with van der Waals surface area (Å²) in [5.41, 5.74) is 10.7. The molecular weight excluding hydrogens is 498 g/mol. The quantitative estimate of drug-likeness (QED) is 0.193. The van der Waals surface area contributed by atoms with Crippen molar-refractivity contribution in [3.05, 3.63) is 90.0 Å². The van der Waals surface area contributed by atoms with Crippen LogP contribution in [-0.2, 0) is 0 Å². The molecule has 4 heterocycles. The molecule has 0 bridgehead atoms. The molecule has 194 valence electrons. The minimum absolute atomic E-state index is 0.753. The van der Waals surface area contributed by atoms with Gasteiger partial charge in [0.15, 0.2) is 0 Å². The molecule has 4 aromatic heterocycles. The second-order valence-electron chi connectivity index (χ2n) is 10.7. The Bertz CT molecular complexity index is 1770. The highest BCUT2D eigenvalue weighted by atomic mass is 32.1. The number of benzene rings is 2. The zero-order valence-electron chi connectivity index (χ0n) is 21.8. The third kappa shape index (κ3) is 4.77. The number of hydrogen-bond acceptors (Lipinski definition) is 4. The highest BCUT2D eigenvalue weighted by Crippen LogP contribution is 2.36. The molecule has 2 aromatic carbocycles. The van der Waals surface area contributed by atoms with Crippen molar-refractivity contribution < 1.29 is 0 Å². The first kappa shape index (κ1) is 23.9. The summed E-state index contributed by atoms with van der Waals surface area (Å²) in [4.78, 5) is 8.14. The van der Waals surface area contributed by atoms with Gasteiger partial charge in [0.05, 0.1) is 23.1 Å². The number of aromatic amines is 2. The number of allylic oxidation sites excluding steroid dienone is 1. The fourth-order valence-corrected chi connectivity index (χ4v) is 6.67. The molecule has 0 amide bonds. The van der Waals surface area contributed by atoms with E-state index in [0.29, 0.717) is 0 Å². The first-order valence-electron chi connectivity index (χ1n) is 13.7. The first-order chi connectivity index (χ1) is 19.2. The summed E-state index contributed by atoms with van der Waals surface area (Å²) in [6, 6.07) is 19.4. The molecule has 0 aliphatic heterocycles. The van der Waals surface area contributed by atoms with Gasteiger partial charge in [-0.15, -0.1) is 0 Å². The van der Waals surface area contributed by atoms with Crippen molar-refractivity contribution in [3.8, 4) is 33.6 Å². The molecule has 0 atom stereocenters. The van der Waals surface area contributed by atoms with Crippen molar-refractivity contribution in [2.75, 3.05) is 5.32 Å². The van der Waals surface area contributed by atoms with Crippen LogP contribution in [0.2, 0.25) is 0 Å². The van der Waals surface area contributed by atoms with Gasteiger partial charge < -0.3 is 10.3 Å². The van der Waals surface area contributed by atoms with Crippen LogP contribution in [0.3, 0.4) is 0 Å². The first-order valence-corrected chi connectivity index (χ1v) is 14.7. The number of pyridine rings is 1. The van der Waals surface area contributed by atoms with Crippen LogP contribution in [0.5, 0.6) is 0 Å². The third-order valence-corrected chi connectivity index (χ3v) is 8.65. The number of nitrogens with zero attached hydrogens (tertiary/aromatic N) is 2. The second-order valence-corrected chi connectivity index (χ2v) is 11.5. The molecule has 1 aliphatic carbocycles. The summed E-state index contributed by atoms with van der Waals surface area (Å²) in [6.07, 6.45) is 11.5. The smallest absolute Gasteiger partial charge is 0.116 e. The Labute approximate surface area is 232 Å². The average Bonchev–Trinajstić information content (AvgIpc) is 3.73. The summed E-state index contributed by atoms with van der Waals surface area (Å²) in [5.74, 6) is 0.753. The van der Waals surface area contributed by atoms with Gasteiger partial charge >= 0.3 is 0 Å². The summed E-state index contributed by atoms with van der Waals surface area (Å²) in [6.45, 7) is 4.31. The molecule has 0 unspecified atom stereocenters. The number of fused-ring (bicyclic) bond motifs is 2. The van der Waals surface area contributed by atoms with E-state index in [2.05, 4.69) is 92.3 Å². The lowest BCUT2D eigenvalue weighted by Gasteiger charge is -2.22. The molecule has 1 fully saturated rings. The monoisotopic (exact) mass is 529 g/mol. The van der Waals surface area contributed by atoms with Crippen molar-refractivity contribution in [3.63, 3.8) is 0 Å². The number of aromatic nitrogens is 4. The lowest BCUT2D eigenvalue weighted by Crippen LogP contribution is -2.10. The van der Waals surface area contributed by atoms with E-state index in [1.54, 1.807) is 11.3 Å². The van der Waals surface area contributed by atoms with Crippen LogP contribution in [0.15, 0.2) is 90.0 Å². The Balaban J connectivity index is 1.19. The Morgan fingerprint density at radius 2 is 1.85 bits per heavy atom. The third-order valence-electron chi connectivity index (χ3n) is 7.97. The molecule has 1 saturated carbocycles. The molecule has 1 aliphatic rings. The highest BCUT2D eigenvalue weighted by Gasteiger charge is 2.16. The summed E-state index contributed by atoms with van der Waals surface area (Å²) in [5, 5.41) is 18.0. The van der Waals surface area contributed by atoms with Crippen molar-refractivity contribution in [2.45, 2.75) is 38.5 Å². The van der Waals surface area contributed by atoms with Gasteiger partial charge in [-0.25, -0.2) is 0 Å². The molecule has 5 nitrogen and oxygen atoms in total. The minimum atomic E-state index is 0.753. The van der Waals surface area contributed by atoms with Gasteiger partial charge in [-0.3, -0.25) is 10.1 Å². The van der Waals surface area contributed by atoms with Crippen LogP contribution in [0.25, 0.3) is 55.4 Å². The Morgan fingerprint density at radius 1 is 0.923 bits per heavy atom. The van der Waals surface area contributed by atoms with Crippen LogP contribution >= 0.6 is 11.3 Å². The summed E-state index contributed by atoms with van der Waals surface area (Å²) >= 11 is 1.72. The fraction of sp³-hybridized carbons (Fsp3) is 0.212. The van der Waals surface area contributed by atoms with Crippen molar-refractivity contribution in [1.82, 2.24) is 20.2 Å². The molecule has 6 aromatic rings. The van der Waals surface area contributed by atoms with E-state index in [0.717, 1.165) is 62.7 Å². The number of hydrogen-bond donors (Lipinski definition) is 3. The van der Waals surface area contributed by atoms with Gasteiger partial charge in [0, 0.05) is 33.7 Å². The lowest BCUT2D eigenvalue weighted by molar-refractivity contribution is 0.357. The van der Waals surface area contributed by atoms with Gasteiger partial charge in [0.1, 0.15) is 5.69 Å². The van der Waals surface area contributed by atoms with E-state index < -0.39 is 0 Å². The maximum atomic E-state index is 4.71. The van der Waals surface area contributed by atoms with Crippen LogP contribution in [-0.4, -0.2) is 20.2 Å². The molecule has 6 heteroatoms. The largest absolute Gasteiger partial charge is 0.358 e. The predicted octanol–water partition coefficient (Wildman–Crippen LogP) is 9.40. The SMILES string of the molecule is C=C(CC1CCCCC1)Nc1cncc(-c2ccc3[nH]nc(-c4cc5c(-c6ccsc6)cccc5[nH]4)c3c2)c1. The van der Waals surface area contributed by atoms with Gasteiger partial charge in [-0.05, 0) is 76.2 Å². The molecular formula is C33H31N5S. The maximum Gasteiger partial charge on any atom is 0.116 e. The van der Waals surface area contributed by atoms with Crippen molar-refractivity contribution in [2.24, 2.45) is 5.92 Å². The zero-order chi connectivity index (χ0) is 26.2. The van der Waals surface area contributed by atoms with Crippen LogP contribution in [0.1, 0.15) is 38.5 Å². The normalized spacial score (nSPS) is 14.3. The minimum Gasteiger partial charge on any atom is -0.358 e. The van der Waals surface area contributed by atoms with E-state index in [1.165, 1.54) is 48.6 Å². The maximum absolute atomic E-state index is 4.71. The Kier molecular flexibility index (Phi) is 6.25. The fourth-order valence-electron chi connectivity index (χ4n) is 6.01. The van der Waals surface area contributed by atoms with Crippen LogP contribution in [0, 0.1) is 5.92 Å². The van der Waals surface area contributed by atoms with Crippen molar-refractivity contribution in [1.29, 1.82) is 0 Å². The molecule has 3 N–H and O–H groups in total. The zero-order valence-corrected chi connectivity index (χ0v) is 22.7. The van der Waals surface area contributed by atoms with Gasteiger partial charge in [0.25, 0.3) is 0 Å². The molecule has 0 radical (unpaired) electrons. The van der Waals surface area contributed by atoms with Gasteiger partial charge in [-0.2, -0.15) is 16.4 Å². The topological polar surface area (TPSA) is 69.4 Å². The lowest BCUT2D eigenvalue weighted by atomic mass is 9.86. The van der Waals surface area contributed by atoms with E-state index in [-0.39, 0.29) is 0 Å². The number of nitrogens with one attached hydrogen (secondary N) is 3. The number of H-pyrrole nitrogens is 2. The average molecular weight is 530 g/mol. The van der Waals surface area contributed by atoms with Crippen LogP contribution in [0.4, 0.5) is 5.69 Å². The molecule has 0 saturated heterocycles.